The molecule has 0 heterocycles. The Balaban J connectivity index is 3.65. The molecule has 1 atom stereocenters. The summed E-state index contributed by atoms with van der Waals surface area (Å²) in [5, 5.41) is 0. The summed E-state index contributed by atoms with van der Waals surface area (Å²) in [5.41, 5.74) is 0. The van der Waals surface area contributed by atoms with Gasteiger partial charge >= 0.3 is 0 Å². The van der Waals surface area contributed by atoms with Crippen molar-refractivity contribution in [3.63, 3.8) is 0 Å². The number of Topliss-reactive ketones (excluding diaryl/α,β-unsaturated/α-hetero) is 1. The highest BCUT2D eigenvalue weighted by molar-refractivity contribution is 5.80. The van der Waals surface area contributed by atoms with Crippen LogP contribution in [-0.4, -0.2) is 5.78 Å². The molecule has 0 fully saturated rings. The van der Waals surface area contributed by atoms with Crippen LogP contribution in [0.2, 0.25) is 0 Å². The topological polar surface area (TPSA) is 17.1 Å². The molecule has 0 spiro atoms. The van der Waals surface area contributed by atoms with Crippen molar-refractivity contribution in [3.8, 4) is 0 Å². The van der Waals surface area contributed by atoms with Crippen molar-refractivity contribution in [2.45, 2.75) is 52.9 Å². The second-order valence-corrected chi connectivity index (χ2v) is 3.07. The van der Waals surface area contributed by atoms with Crippen LogP contribution in [-0.2, 0) is 4.79 Å². The molecule has 0 rings (SSSR count). The highest BCUT2D eigenvalue weighted by Gasteiger charge is 2.12. The number of carbonyl (C=O) groups excluding carboxylic acids is 1. The van der Waals surface area contributed by atoms with Gasteiger partial charge in [0.25, 0.3) is 0 Å². The van der Waals surface area contributed by atoms with E-state index in [0.29, 0.717) is 18.1 Å². The van der Waals surface area contributed by atoms with Crippen LogP contribution in [0, 0.1) is 5.92 Å². The van der Waals surface area contributed by atoms with Crippen LogP contribution in [0.4, 0.5) is 0 Å². The Hall–Kier alpha value is -0.330. The normalized spacial score (nSPS) is 13.0. The van der Waals surface area contributed by atoms with Crippen molar-refractivity contribution in [1.82, 2.24) is 0 Å². The van der Waals surface area contributed by atoms with Crippen molar-refractivity contribution in [2.75, 3.05) is 0 Å². The van der Waals surface area contributed by atoms with Crippen LogP contribution in [0.25, 0.3) is 0 Å². The molecule has 0 N–H and O–H groups in total. The summed E-state index contributed by atoms with van der Waals surface area (Å²) < 4.78 is 0. The smallest absolute Gasteiger partial charge is 0.135 e. The van der Waals surface area contributed by atoms with Gasteiger partial charge < -0.3 is 0 Å². The van der Waals surface area contributed by atoms with Gasteiger partial charge in [0.2, 0.25) is 0 Å². The molecule has 0 aromatic rings. The lowest BCUT2D eigenvalue weighted by Gasteiger charge is -2.10. The first-order valence-corrected chi connectivity index (χ1v) is 4.78. The Labute approximate surface area is 70.2 Å². The molecule has 1 heteroatoms. The number of carbonyl (C=O) groups is 1. The van der Waals surface area contributed by atoms with E-state index >= 15 is 0 Å². The Kier molecular flexibility index (Phi) is 6.19. The molecule has 0 aromatic carbocycles. The van der Waals surface area contributed by atoms with Gasteiger partial charge in [-0.15, -0.1) is 0 Å². The summed E-state index contributed by atoms with van der Waals surface area (Å²) in [6.07, 6.45) is 5.23. The van der Waals surface area contributed by atoms with Crippen LogP contribution in [0.3, 0.4) is 0 Å². The Morgan fingerprint density at radius 3 is 2.27 bits per heavy atom. The van der Waals surface area contributed by atoms with E-state index in [0.717, 1.165) is 12.8 Å². The van der Waals surface area contributed by atoms with E-state index < -0.39 is 0 Å². The number of rotatable bonds is 6. The monoisotopic (exact) mass is 156 g/mol. The average Bonchev–Trinajstić information content (AvgIpc) is 2.05. The zero-order valence-corrected chi connectivity index (χ0v) is 8.02. The van der Waals surface area contributed by atoms with Crippen LogP contribution in [0.5, 0.6) is 0 Å². The fourth-order valence-electron chi connectivity index (χ4n) is 1.33. The van der Waals surface area contributed by atoms with Crippen molar-refractivity contribution in [3.05, 3.63) is 0 Å². The van der Waals surface area contributed by atoms with Gasteiger partial charge in [-0.25, -0.2) is 0 Å². The van der Waals surface area contributed by atoms with Gasteiger partial charge in [-0.2, -0.15) is 0 Å². The molecule has 0 aliphatic carbocycles. The molecular weight excluding hydrogens is 136 g/mol. The Bertz CT molecular complexity index is 107. The number of hydrogen-bond acceptors (Lipinski definition) is 1. The molecule has 11 heavy (non-hydrogen) atoms. The minimum absolute atomic E-state index is 0.347. The maximum atomic E-state index is 11.2. The van der Waals surface area contributed by atoms with Crippen molar-refractivity contribution in [1.29, 1.82) is 0 Å². The van der Waals surface area contributed by atoms with Gasteiger partial charge in [0.1, 0.15) is 5.78 Å². The Morgan fingerprint density at radius 1 is 1.27 bits per heavy atom. The summed E-state index contributed by atoms with van der Waals surface area (Å²) in [6.45, 7) is 6.23. The summed E-state index contributed by atoms with van der Waals surface area (Å²) in [6, 6.07) is 0. The fraction of sp³-hybridized carbons (Fsp3) is 0.900. The predicted octanol–water partition coefficient (Wildman–Crippen LogP) is 3.18. The van der Waals surface area contributed by atoms with Crippen molar-refractivity contribution < 1.29 is 4.79 Å². The first-order chi connectivity index (χ1) is 5.26. The Morgan fingerprint density at radius 2 is 1.91 bits per heavy atom. The van der Waals surface area contributed by atoms with Crippen LogP contribution in [0.1, 0.15) is 52.9 Å². The number of unbranched alkanes of at least 4 members (excludes halogenated alkanes) is 1. The van der Waals surface area contributed by atoms with Crippen molar-refractivity contribution >= 4 is 5.78 Å². The minimum Gasteiger partial charge on any atom is -0.299 e. The standard InChI is InChI=1S/C10H20O/c1-4-7-8-9(5-2)10(11)6-3/h9H,4-8H2,1-3H3. The predicted molar refractivity (Wildman–Crippen MR) is 48.6 cm³/mol. The van der Waals surface area contributed by atoms with E-state index in [-0.39, 0.29) is 0 Å². The third-order valence-electron chi connectivity index (χ3n) is 2.20. The third kappa shape index (κ3) is 4.18. The molecule has 0 saturated carbocycles. The van der Waals surface area contributed by atoms with Gasteiger partial charge in [-0.05, 0) is 12.8 Å². The molecule has 0 amide bonds. The molecule has 66 valence electrons. The van der Waals surface area contributed by atoms with Gasteiger partial charge in [-0.1, -0.05) is 33.6 Å². The lowest BCUT2D eigenvalue weighted by atomic mass is 9.93. The van der Waals surface area contributed by atoms with Gasteiger partial charge in [0, 0.05) is 12.3 Å². The summed E-state index contributed by atoms with van der Waals surface area (Å²) in [7, 11) is 0. The highest BCUT2D eigenvalue weighted by atomic mass is 16.1. The number of ketones is 1. The first-order valence-electron chi connectivity index (χ1n) is 4.78. The molecule has 0 aliphatic heterocycles. The minimum atomic E-state index is 0.347. The first kappa shape index (κ1) is 10.7. The molecule has 0 bridgehead atoms. The lowest BCUT2D eigenvalue weighted by Crippen LogP contribution is -2.11. The molecular formula is C10H20O. The quantitative estimate of drug-likeness (QED) is 0.577. The van der Waals surface area contributed by atoms with E-state index in [1.165, 1.54) is 12.8 Å². The van der Waals surface area contributed by atoms with Crippen LogP contribution in [0.15, 0.2) is 0 Å². The van der Waals surface area contributed by atoms with Gasteiger partial charge in [0.15, 0.2) is 0 Å². The van der Waals surface area contributed by atoms with Gasteiger partial charge in [0.05, 0.1) is 0 Å². The highest BCUT2D eigenvalue weighted by Crippen LogP contribution is 2.14. The molecule has 0 aliphatic rings. The zero-order valence-electron chi connectivity index (χ0n) is 8.02. The molecule has 0 aromatic heterocycles. The molecule has 1 unspecified atom stereocenters. The van der Waals surface area contributed by atoms with E-state index in [1.807, 2.05) is 6.92 Å². The third-order valence-corrected chi connectivity index (χ3v) is 2.20. The summed E-state index contributed by atoms with van der Waals surface area (Å²) in [4.78, 5) is 11.2. The SMILES string of the molecule is CCCCC(CC)C(=O)CC. The van der Waals surface area contributed by atoms with E-state index in [2.05, 4.69) is 13.8 Å². The second kappa shape index (κ2) is 6.38. The van der Waals surface area contributed by atoms with E-state index in [1.54, 1.807) is 0 Å². The number of hydrogen-bond donors (Lipinski definition) is 0. The van der Waals surface area contributed by atoms with E-state index in [9.17, 15) is 4.79 Å². The van der Waals surface area contributed by atoms with Crippen LogP contribution >= 0.6 is 0 Å². The average molecular weight is 156 g/mol. The van der Waals surface area contributed by atoms with Gasteiger partial charge in [-0.3, -0.25) is 4.79 Å². The maximum Gasteiger partial charge on any atom is 0.135 e. The molecule has 1 nitrogen and oxygen atoms in total. The van der Waals surface area contributed by atoms with Crippen LogP contribution < -0.4 is 0 Å². The summed E-state index contributed by atoms with van der Waals surface area (Å²) >= 11 is 0. The maximum absolute atomic E-state index is 11.2. The fourth-order valence-corrected chi connectivity index (χ4v) is 1.33. The molecule has 0 radical (unpaired) electrons. The second-order valence-electron chi connectivity index (χ2n) is 3.07. The lowest BCUT2D eigenvalue weighted by molar-refractivity contribution is -0.122. The zero-order chi connectivity index (χ0) is 8.69. The van der Waals surface area contributed by atoms with Crippen molar-refractivity contribution in [2.24, 2.45) is 5.92 Å². The summed E-state index contributed by atoms with van der Waals surface area (Å²) in [5.74, 6) is 0.793. The molecule has 0 saturated heterocycles. The van der Waals surface area contributed by atoms with E-state index in [4.69, 9.17) is 0 Å². The largest absolute Gasteiger partial charge is 0.299 e.